The number of piperazine rings is 1. The van der Waals surface area contributed by atoms with E-state index in [0.29, 0.717) is 32.7 Å². The van der Waals surface area contributed by atoms with E-state index >= 15 is 0 Å². The highest BCUT2D eigenvalue weighted by atomic mass is 35.5. The molecule has 120 valence electrons. The first kappa shape index (κ1) is 17.8. The Bertz CT molecular complexity index is 473. The zero-order chi connectivity index (χ0) is 14.7. The van der Waals surface area contributed by atoms with Crippen LogP contribution in [0.1, 0.15) is 36.3 Å². The van der Waals surface area contributed by atoms with Crippen molar-refractivity contribution in [3.63, 3.8) is 0 Å². The number of hydrogen-bond acceptors (Lipinski definition) is 3. The molecular formula is C13H21ClF2N4O. The quantitative estimate of drug-likeness (QED) is 0.921. The van der Waals surface area contributed by atoms with Crippen molar-refractivity contribution in [1.29, 1.82) is 0 Å². The van der Waals surface area contributed by atoms with E-state index in [1.54, 1.807) is 4.90 Å². The van der Waals surface area contributed by atoms with Gasteiger partial charge in [-0.15, -0.1) is 12.4 Å². The molecule has 1 fully saturated rings. The molecule has 1 aromatic heterocycles. The first-order valence-corrected chi connectivity index (χ1v) is 6.84. The Labute approximate surface area is 129 Å². The minimum atomic E-state index is -2.70. The summed E-state index contributed by atoms with van der Waals surface area (Å²) in [7, 11) is 0. The Balaban J connectivity index is 0.00000220. The third-order valence-electron chi connectivity index (χ3n) is 3.26. The maximum atomic E-state index is 13.3. The first-order chi connectivity index (χ1) is 9.50. The lowest BCUT2D eigenvalue weighted by atomic mass is 10.2. The highest BCUT2D eigenvalue weighted by molar-refractivity contribution is 5.95. The van der Waals surface area contributed by atoms with Crippen LogP contribution in [0.25, 0.3) is 0 Å². The van der Waals surface area contributed by atoms with Gasteiger partial charge in [0, 0.05) is 32.7 Å². The van der Waals surface area contributed by atoms with E-state index in [0.717, 1.165) is 0 Å². The molecule has 2 rings (SSSR count). The fourth-order valence-corrected chi connectivity index (χ4v) is 2.32. The van der Waals surface area contributed by atoms with Crippen LogP contribution in [0, 0.1) is 5.92 Å². The standard InChI is InChI=1S/C13H20F2N4O.ClH/c1-9(2)8-19-11(12(14)15)10(7-17-19)13(20)18-5-3-16-4-6-18;/h7,9,12,16H,3-6,8H2,1-2H3;1H. The summed E-state index contributed by atoms with van der Waals surface area (Å²) in [6.07, 6.45) is -1.42. The third-order valence-corrected chi connectivity index (χ3v) is 3.26. The van der Waals surface area contributed by atoms with E-state index in [4.69, 9.17) is 0 Å². The maximum absolute atomic E-state index is 13.3. The summed E-state index contributed by atoms with van der Waals surface area (Å²) in [5.74, 6) is -0.161. The Morgan fingerprint density at radius 3 is 2.52 bits per heavy atom. The normalized spacial score (nSPS) is 15.4. The molecular weight excluding hydrogens is 302 g/mol. The maximum Gasteiger partial charge on any atom is 0.280 e. The minimum absolute atomic E-state index is 0. The first-order valence-electron chi connectivity index (χ1n) is 6.84. The molecule has 8 heteroatoms. The Morgan fingerprint density at radius 2 is 2.00 bits per heavy atom. The average Bonchev–Trinajstić information content (AvgIpc) is 2.81. The molecule has 1 aliphatic rings. The van der Waals surface area contributed by atoms with Crippen LogP contribution in [0.3, 0.4) is 0 Å². The van der Waals surface area contributed by atoms with Gasteiger partial charge in [-0.3, -0.25) is 9.48 Å². The van der Waals surface area contributed by atoms with Gasteiger partial charge in [0.25, 0.3) is 12.3 Å². The zero-order valence-electron chi connectivity index (χ0n) is 12.2. The molecule has 0 aliphatic carbocycles. The zero-order valence-corrected chi connectivity index (χ0v) is 13.0. The molecule has 1 saturated heterocycles. The van der Waals surface area contributed by atoms with Crippen LogP contribution in [-0.4, -0.2) is 46.8 Å². The molecule has 21 heavy (non-hydrogen) atoms. The van der Waals surface area contributed by atoms with Crippen molar-refractivity contribution >= 4 is 18.3 Å². The predicted octanol–water partition coefficient (Wildman–Crippen LogP) is 1.94. The van der Waals surface area contributed by atoms with Gasteiger partial charge in [0.05, 0.1) is 11.8 Å². The second-order valence-corrected chi connectivity index (χ2v) is 5.36. The van der Waals surface area contributed by atoms with Crippen LogP contribution in [0.4, 0.5) is 8.78 Å². The summed E-state index contributed by atoms with van der Waals surface area (Å²) in [5.41, 5.74) is -0.232. The van der Waals surface area contributed by atoms with Crippen LogP contribution in [0.2, 0.25) is 0 Å². The van der Waals surface area contributed by atoms with Gasteiger partial charge >= 0.3 is 0 Å². The molecule has 0 radical (unpaired) electrons. The van der Waals surface area contributed by atoms with Gasteiger partial charge in [-0.1, -0.05) is 13.8 Å². The van der Waals surface area contributed by atoms with Crippen molar-refractivity contribution in [1.82, 2.24) is 20.0 Å². The van der Waals surface area contributed by atoms with Crippen LogP contribution in [-0.2, 0) is 6.54 Å². The van der Waals surface area contributed by atoms with Gasteiger partial charge < -0.3 is 10.2 Å². The monoisotopic (exact) mass is 322 g/mol. The molecule has 0 saturated carbocycles. The predicted molar refractivity (Wildman–Crippen MR) is 78.0 cm³/mol. The van der Waals surface area contributed by atoms with Crippen molar-refractivity contribution in [2.75, 3.05) is 26.2 Å². The molecule has 0 atom stereocenters. The largest absolute Gasteiger partial charge is 0.336 e. The Morgan fingerprint density at radius 1 is 1.38 bits per heavy atom. The molecule has 2 heterocycles. The summed E-state index contributed by atoms with van der Waals surface area (Å²) in [4.78, 5) is 13.9. The number of amides is 1. The smallest absolute Gasteiger partial charge is 0.280 e. The molecule has 1 amide bonds. The van der Waals surface area contributed by atoms with E-state index in [2.05, 4.69) is 10.4 Å². The number of alkyl halides is 2. The lowest BCUT2D eigenvalue weighted by Crippen LogP contribution is -2.46. The molecule has 0 spiro atoms. The third kappa shape index (κ3) is 4.14. The van der Waals surface area contributed by atoms with Crippen LogP contribution < -0.4 is 5.32 Å². The van der Waals surface area contributed by atoms with Crippen molar-refractivity contribution in [3.8, 4) is 0 Å². The number of rotatable bonds is 4. The van der Waals surface area contributed by atoms with Crippen molar-refractivity contribution in [3.05, 3.63) is 17.5 Å². The number of carbonyl (C=O) groups excluding carboxylic acids is 1. The van der Waals surface area contributed by atoms with Crippen LogP contribution in [0.5, 0.6) is 0 Å². The van der Waals surface area contributed by atoms with Crippen molar-refractivity contribution in [2.45, 2.75) is 26.8 Å². The lowest BCUT2D eigenvalue weighted by molar-refractivity contribution is 0.0721. The molecule has 0 unspecified atom stereocenters. The van der Waals surface area contributed by atoms with E-state index in [9.17, 15) is 13.6 Å². The van der Waals surface area contributed by atoms with E-state index in [1.165, 1.54) is 10.9 Å². The summed E-state index contributed by atoms with van der Waals surface area (Å²) < 4.78 is 27.8. The van der Waals surface area contributed by atoms with Gasteiger partial charge in [0.1, 0.15) is 5.69 Å². The Kier molecular flexibility index (Phi) is 6.54. The molecule has 0 bridgehead atoms. The molecule has 0 aromatic carbocycles. The number of aromatic nitrogens is 2. The van der Waals surface area contributed by atoms with Gasteiger partial charge in [0.2, 0.25) is 0 Å². The van der Waals surface area contributed by atoms with Crippen LogP contribution >= 0.6 is 12.4 Å². The van der Waals surface area contributed by atoms with E-state index in [-0.39, 0.29) is 35.5 Å². The van der Waals surface area contributed by atoms with Crippen molar-refractivity contribution in [2.24, 2.45) is 5.92 Å². The molecule has 1 aliphatic heterocycles. The summed E-state index contributed by atoms with van der Waals surface area (Å²) in [6, 6.07) is 0. The fourth-order valence-electron chi connectivity index (χ4n) is 2.32. The van der Waals surface area contributed by atoms with Crippen LogP contribution in [0.15, 0.2) is 6.20 Å². The lowest BCUT2D eigenvalue weighted by Gasteiger charge is -2.27. The van der Waals surface area contributed by atoms with Gasteiger partial charge in [0.15, 0.2) is 0 Å². The second-order valence-electron chi connectivity index (χ2n) is 5.36. The van der Waals surface area contributed by atoms with Gasteiger partial charge in [-0.25, -0.2) is 8.78 Å². The minimum Gasteiger partial charge on any atom is -0.336 e. The van der Waals surface area contributed by atoms with E-state index in [1.807, 2.05) is 13.8 Å². The second kappa shape index (κ2) is 7.70. The number of carbonyl (C=O) groups is 1. The van der Waals surface area contributed by atoms with E-state index < -0.39 is 6.43 Å². The summed E-state index contributed by atoms with van der Waals surface area (Å²) >= 11 is 0. The van der Waals surface area contributed by atoms with Gasteiger partial charge in [-0.05, 0) is 5.92 Å². The highest BCUT2D eigenvalue weighted by Gasteiger charge is 2.28. The number of hydrogen-bond donors (Lipinski definition) is 1. The highest BCUT2D eigenvalue weighted by Crippen LogP contribution is 2.25. The molecule has 1 N–H and O–H groups in total. The average molecular weight is 323 g/mol. The van der Waals surface area contributed by atoms with Gasteiger partial charge in [-0.2, -0.15) is 5.10 Å². The SMILES string of the molecule is CC(C)Cn1ncc(C(=O)N2CCNCC2)c1C(F)F.Cl. The number of halogens is 3. The fraction of sp³-hybridized carbons (Fsp3) is 0.692. The Hall–Kier alpha value is -1.21. The summed E-state index contributed by atoms with van der Waals surface area (Å²) in [5, 5.41) is 7.09. The topological polar surface area (TPSA) is 50.2 Å². The molecule has 5 nitrogen and oxygen atoms in total. The van der Waals surface area contributed by atoms with Crippen molar-refractivity contribution < 1.29 is 13.6 Å². The molecule has 1 aromatic rings. The number of nitrogens with zero attached hydrogens (tertiary/aromatic N) is 3. The number of nitrogens with one attached hydrogen (secondary N) is 1. The summed E-state index contributed by atoms with van der Waals surface area (Å²) in [6.45, 7) is 6.69.